The molecule has 0 amide bonds. The molecule has 0 saturated heterocycles. The molecular weight excluding hydrogens is 268 g/mol. The summed E-state index contributed by atoms with van der Waals surface area (Å²) in [6.45, 7) is 0. The lowest BCUT2D eigenvalue weighted by molar-refractivity contribution is 0.0697. The van der Waals surface area contributed by atoms with E-state index in [0.29, 0.717) is 5.56 Å². The molecule has 2 nitrogen and oxygen atoms in total. The van der Waals surface area contributed by atoms with Crippen LogP contribution in [0.25, 0.3) is 0 Å². The van der Waals surface area contributed by atoms with Gasteiger partial charge in [0, 0.05) is 4.47 Å². The Morgan fingerprint density at radius 2 is 1.31 bits per heavy atom. The minimum absolute atomic E-state index is 0.331. The highest BCUT2D eigenvalue weighted by molar-refractivity contribution is 9.10. The molecule has 2 aromatic carbocycles. The molecule has 0 unspecified atom stereocenters. The quantitative estimate of drug-likeness (QED) is 0.861. The first-order valence-corrected chi connectivity index (χ1v) is 5.48. The van der Waals surface area contributed by atoms with Gasteiger partial charge in [0.15, 0.2) is 0 Å². The van der Waals surface area contributed by atoms with Crippen molar-refractivity contribution in [1.82, 2.24) is 0 Å². The minimum Gasteiger partial charge on any atom is -0.478 e. The second-order valence-electron chi connectivity index (χ2n) is 2.97. The lowest BCUT2D eigenvalue weighted by atomic mass is 10.2. The smallest absolute Gasteiger partial charge is 0.335 e. The maximum absolute atomic E-state index is 10.2. The predicted molar refractivity (Wildman–Crippen MR) is 67.5 cm³/mol. The van der Waals surface area contributed by atoms with E-state index in [1.54, 1.807) is 30.3 Å². The molecule has 16 heavy (non-hydrogen) atoms. The van der Waals surface area contributed by atoms with Crippen LogP contribution >= 0.6 is 15.9 Å². The monoisotopic (exact) mass is 278 g/mol. The van der Waals surface area contributed by atoms with Crippen molar-refractivity contribution in [3.05, 3.63) is 70.7 Å². The summed E-state index contributed by atoms with van der Waals surface area (Å²) in [7, 11) is 0. The van der Waals surface area contributed by atoms with Crippen molar-refractivity contribution in [2.45, 2.75) is 0 Å². The number of carboxylic acids is 1. The van der Waals surface area contributed by atoms with Crippen LogP contribution in [0.3, 0.4) is 0 Å². The van der Waals surface area contributed by atoms with E-state index in [4.69, 9.17) is 5.11 Å². The van der Waals surface area contributed by atoms with Gasteiger partial charge in [-0.25, -0.2) is 4.79 Å². The molecule has 0 radical (unpaired) electrons. The standard InChI is InChI=1S/C7H6O2.C6H5Br/c8-7(9)6-4-2-1-3-5-6;7-6-4-2-1-3-5-6/h1-5H,(H,8,9);1-5H. The topological polar surface area (TPSA) is 37.3 Å². The summed E-state index contributed by atoms with van der Waals surface area (Å²) < 4.78 is 1.13. The summed E-state index contributed by atoms with van der Waals surface area (Å²) in [6.07, 6.45) is 0. The van der Waals surface area contributed by atoms with E-state index in [0.717, 1.165) is 4.47 Å². The van der Waals surface area contributed by atoms with E-state index in [9.17, 15) is 4.79 Å². The van der Waals surface area contributed by atoms with Crippen molar-refractivity contribution < 1.29 is 9.90 Å². The Labute approximate surface area is 103 Å². The zero-order valence-corrected chi connectivity index (χ0v) is 10.1. The summed E-state index contributed by atoms with van der Waals surface area (Å²) in [6, 6.07) is 18.3. The van der Waals surface area contributed by atoms with Crippen molar-refractivity contribution >= 4 is 21.9 Å². The molecule has 0 fully saturated rings. The molecule has 0 aliphatic carbocycles. The highest BCUT2D eigenvalue weighted by Crippen LogP contribution is 2.05. The fourth-order valence-electron chi connectivity index (χ4n) is 0.995. The highest BCUT2D eigenvalue weighted by atomic mass is 79.9. The van der Waals surface area contributed by atoms with Gasteiger partial charge in [-0.05, 0) is 24.3 Å². The molecule has 2 aromatic rings. The molecule has 0 aliphatic heterocycles. The van der Waals surface area contributed by atoms with E-state index in [-0.39, 0.29) is 0 Å². The number of rotatable bonds is 1. The molecule has 0 atom stereocenters. The van der Waals surface area contributed by atoms with E-state index in [1.807, 2.05) is 30.3 Å². The first-order valence-electron chi connectivity index (χ1n) is 4.69. The Bertz CT molecular complexity index is 426. The molecular formula is C13H11BrO2. The van der Waals surface area contributed by atoms with Crippen molar-refractivity contribution in [2.75, 3.05) is 0 Å². The summed E-state index contributed by atoms with van der Waals surface area (Å²) in [5.41, 5.74) is 0.331. The van der Waals surface area contributed by atoms with E-state index in [1.165, 1.54) is 0 Å². The van der Waals surface area contributed by atoms with E-state index >= 15 is 0 Å². The molecule has 0 spiro atoms. The van der Waals surface area contributed by atoms with Crippen molar-refractivity contribution in [3.63, 3.8) is 0 Å². The van der Waals surface area contributed by atoms with Crippen molar-refractivity contribution in [2.24, 2.45) is 0 Å². The zero-order valence-electron chi connectivity index (χ0n) is 8.51. The van der Waals surface area contributed by atoms with Gasteiger partial charge in [0.1, 0.15) is 0 Å². The third-order valence-corrected chi connectivity index (χ3v) is 2.28. The van der Waals surface area contributed by atoms with Crippen LogP contribution in [-0.4, -0.2) is 11.1 Å². The Kier molecular flexibility index (Phi) is 5.29. The van der Waals surface area contributed by atoms with E-state index in [2.05, 4.69) is 15.9 Å². The zero-order chi connectivity index (χ0) is 11.8. The summed E-state index contributed by atoms with van der Waals surface area (Å²) >= 11 is 3.31. The molecule has 0 bridgehead atoms. The van der Waals surface area contributed by atoms with Crippen LogP contribution in [0, 0.1) is 0 Å². The van der Waals surface area contributed by atoms with Crippen LogP contribution in [0.2, 0.25) is 0 Å². The molecule has 3 heteroatoms. The van der Waals surface area contributed by atoms with Gasteiger partial charge in [-0.2, -0.15) is 0 Å². The fraction of sp³-hybridized carbons (Fsp3) is 0. The maximum Gasteiger partial charge on any atom is 0.335 e. The molecule has 82 valence electrons. The number of hydrogen-bond acceptors (Lipinski definition) is 1. The number of halogens is 1. The number of aromatic carboxylic acids is 1. The van der Waals surface area contributed by atoms with Gasteiger partial charge in [-0.15, -0.1) is 0 Å². The van der Waals surface area contributed by atoms with Gasteiger partial charge in [-0.1, -0.05) is 52.3 Å². The van der Waals surface area contributed by atoms with Gasteiger partial charge in [-0.3, -0.25) is 0 Å². The molecule has 2 rings (SSSR count). The molecule has 0 aliphatic rings. The van der Waals surface area contributed by atoms with Crippen LogP contribution in [-0.2, 0) is 0 Å². The Morgan fingerprint density at radius 3 is 1.56 bits per heavy atom. The largest absolute Gasteiger partial charge is 0.478 e. The van der Waals surface area contributed by atoms with Crippen molar-refractivity contribution in [1.29, 1.82) is 0 Å². The normalized spacial score (nSPS) is 8.81. The van der Waals surface area contributed by atoms with Crippen LogP contribution in [0.4, 0.5) is 0 Å². The highest BCUT2D eigenvalue weighted by Gasteiger charge is 1.96. The molecule has 1 N–H and O–H groups in total. The average Bonchev–Trinajstić information content (AvgIpc) is 2.32. The molecule has 0 saturated carbocycles. The van der Waals surface area contributed by atoms with Crippen LogP contribution < -0.4 is 0 Å². The summed E-state index contributed by atoms with van der Waals surface area (Å²) in [5.74, 6) is -0.879. The van der Waals surface area contributed by atoms with Gasteiger partial charge in [0.2, 0.25) is 0 Å². The summed E-state index contributed by atoms with van der Waals surface area (Å²) in [4.78, 5) is 10.2. The van der Waals surface area contributed by atoms with Gasteiger partial charge in [0.05, 0.1) is 5.56 Å². The minimum atomic E-state index is -0.879. The average molecular weight is 279 g/mol. The van der Waals surface area contributed by atoms with Gasteiger partial charge >= 0.3 is 5.97 Å². The van der Waals surface area contributed by atoms with Gasteiger partial charge < -0.3 is 5.11 Å². The Morgan fingerprint density at radius 1 is 0.875 bits per heavy atom. The maximum atomic E-state index is 10.2. The number of hydrogen-bond donors (Lipinski definition) is 1. The van der Waals surface area contributed by atoms with Gasteiger partial charge in [0.25, 0.3) is 0 Å². The first-order chi connectivity index (χ1) is 7.70. The second kappa shape index (κ2) is 6.80. The van der Waals surface area contributed by atoms with Crippen molar-refractivity contribution in [3.8, 4) is 0 Å². The van der Waals surface area contributed by atoms with E-state index < -0.39 is 5.97 Å². The predicted octanol–water partition coefficient (Wildman–Crippen LogP) is 3.83. The summed E-state index contributed by atoms with van der Waals surface area (Å²) in [5, 5.41) is 8.38. The third-order valence-electron chi connectivity index (χ3n) is 1.75. The number of carbonyl (C=O) groups is 1. The lowest BCUT2D eigenvalue weighted by Gasteiger charge is -1.88. The third kappa shape index (κ3) is 4.75. The second-order valence-corrected chi connectivity index (χ2v) is 3.88. The molecule has 0 heterocycles. The Hall–Kier alpha value is -1.61. The van der Waals surface area contributed by atoms with Crippen LogP contribution in [0.15, 0.2) is 65.1 Å². The lowest BCUT2D eigenvalue weighted by Crippen LogP contribution is -1.93. The van der Waals surface area contributed by atoms with Crippen LogP contribution in [0.5, 0.6) is 0 Å². The Balaban J connectivity index is 0.000000165. The number of carboxylic acid groups (broad SMARTS) is 1. The number of benzene rings is 2. The van der Waals surface area contributed by atoms with Crippen LogP contribution in [0.1, 0.15) is 10.4 Å². The molecule has 0 aromatic heterocycles. The first kappa shape index (κ1) is 12.5. The SMILES string of the molecule is Brc1ccccc1.O=C(O)c1ccccc1. The fourth-order valence-corrected chi connectivity index (χ4v) is 1.30.